The highest BCUT2D eigenvalue weighted by Gasteiger charge is 2.48. The standard InChI is InChI=1S/C25H33NO4/c1-5-30-24-13-18(17(2)12-23(24)29-4)16-26-20-8-9-21(26)15-25(27,14-20)19-6-10-22(28-3)11-7-19/h6-7,10-13,20-21,27H,5,8-9,14-16H2,1-4H3/t20-,21-/m0/s1. The molecule has 5 heteroatoms. The maximum atomic E-state index is 11.5. The molecule has 0 aliphatic carbocycles. The molecule has 2 fully saturated rings. The van der Waals surface area contributed by atoms with Crippen molar-refractivity contribution in [3.8, 4) is 17.2 Å². The molecule has 1 N–H and O–H groups in total. The van der Waals surface area contributed by atoms with Gasteiger partial charge < -0.3 is 19.3 Å². The van der Waals surface area contributed by atoms with Crippen molar-refractivity contribution in [3.05, 3.63) is 53.1 Å². The van der Waals surface area contributed by atoms with E-state index < -0.39 is 5.60 Å². The van der Waals surface area contributed by atoms with E-state index in [1.165, 1.54) is 11.1 Å². The summed E-state index contributed by atoms with van der Waals surface area (Å²) in [4.78, 5) is 2.59. The Morgan fingerprint density at radius 3 is 2.23 bits per heavy atom. The molecule has 2 saturated heterocycles. The van der Waals surface area contributed by atoms with E-state index >= 15 is 0 Å². The zero-order valence-electron chi connectivity index (χ0n) is 18.5. The number of ether oxygens (including phenoxy) is 3. The second kappa shape index (κ2) is 8.48. The van der Waals surface area contributed by atoms with Gasteiger partial charge in [0.15, 0.2) is 11.5 Å². The molecule has 2 heterocycles. The fourth-order valence-corrected chi connectivity index (χ4v) is 5.21. The summed E-state index contributed by atoms with van der Waals surface area (Å²) in [6.45, 7) is 5.61. The average Bonchev–Trinajstić information content (AvgIpc) is 2.99. The molecule has 0 unspecified atom stereocenters. The van der Waals surface area contributed by atoms with Crippen LogP contribution in [0, 0.1) is 6.92 Å². The van der Waals surface area contributed by atoms with E-state index in [0.717, 1.165) is 55.0 Å². The van der Waals surface area contributed by atoms with Crippen LogP contribution in [-0.4, -0.2) is 42.9 Å². The third-order valence-electron chi connectivity index (χ3n) is 6.82. The van der Waals surface area contributed by atoms with Gasteiger partial charge in [0, 0.05) is 18.6 Å². The van der Waals surface area contributed by atoms with E-state index in [4.69, 9.17) is 14.2 Å². The van der Waals surface area contributed by atoms with Gasteiger partial charge in [0.2, 0.25) is 0 Å². The van der Waals surface area contributed by atoms with Gasteiger partial charge in [-0.1, -0.05) is 12.1 Å². The van der Waals surface area contributed by atoms with Gasteiger partial charge in [-0.15, -0.1) is 0 Å². The molecule has 30 heavy (non-hydrogen) atoms. The highest BCUT2D eigenvalue weighted by atomic mass is 16.5. The van der Waals surface area contributed by atoms with Crippen molar-refractivity contribution >= 4 is 0 Å². The SMILES string of the molecule is CCOc1cc(CN2[C@H]3CC[C@H]2CC(O)(c2ccc(OC)cc2)C3)c(C)cc1OC. The van der Waals surface area contributed by atoms with Gasteiger partial charge in [-0.2, -0.15) is 0 Å². The Bertz CT molecular complexity index is 865. The highest BCUT2D eigenvalue weighted by molar-refractivity contribution is 5.47. The third-order valence-corrected chi connectivity index (χ3v) is 6.82. The van der Waals surface area contributed by atoms with Gasteiger partial charge in [0.25, 0.3) is 0 Å². The summed E-state index contributed by atoms with van der Waals surface area (Å²) in [5, 5.41) is 11.5. The van der Waals surface area contributed by atoms with Gasteiger partial charge >= 0.3 is 0 Å². The first-order valence-corrected chi connectivity index (χ1v) is 10.9. The molecule has 0 amide bonds. The number of fused-ring (bicyclic) bond motifs is 2. The summed E-state index contributed by atoms with van der Waals surface area (Å²) in [5.74, 6) is 2.41. The second-order valence-electron chi connectivity index (χ2n) is 8.59. The average molecular weight is 412 g/mol. The summed E-state index contributed by atoms with van der Waals surface area (Å²) >= 11 is 0. The minimum Gasteiger partial charge on any atom is -0.497 e. The van der Waals surface area contributed by atoms with E-state index in [-0.39, 0.29) is 0 Å². The zero-order valence-corrected chi connectivity index (χ0v) is 18.5. The molecular formula is C25H33NO4. The van der Waals surface area contributed by atoms with Crippen LogP contribution in [0.2, 0.25) is 0 Å². The molecule has 2 aromatic carbocycles. The lowest BCUT2D eigenvalue weighted by atomic mass is 9.80. The number of piperidine rings is 1. The first-order valence-electron chi connectivity index (χ1n) is 10.9. The Morgan fingerprint density at radius 1 is 1.00 bits per heavy atom. The topological polar surface area (TPSA) is 51.2 Å². The number of hydrogen-bond acceptors (Lipinski definition) is 5. The van der Waals surface area contributed by atoms with Crippen LogP contribution >= 0.6 is 0 Å². The molecular weight excluding hydrogens is 378 g/mol. The van der Waals surface area contributed by atoms with Crippen molar-refractivity contribution in [1.82, 2.24) is 4.90 Å². The van der Waals surface area contributed by atoms with Crippen LogP contribution in [0.3, 0.4) is 0 Å². The Kier molecular flexibility index (Phi) is 5.94. The van der Waals surface area contributed by atoms with Crippen LogP contribution in [0.4, 0.5) is 0 Å². The Morgan fingerprint density at radius 2 is 1.67 bits per heavy atom. The minimum atomic E-state index is -0.764. The lowest BCUT2D eigenvalue weighted by molar-refractivity contribution is -0.0595. The lowest BCUT2D eigenvalue weighted by Gasteiger charge is -2.44. The quantitative estimate of drug-likeness (QED) is 0.731. The molecule has 2 atom stereocenters. The molecule has 2 bridgehead atoms. The molecule has 2 aliphatic heterocycles. The Hall–Kier alpha value is -2.24. The van der Waals surface area contributed by atoms with Gasteiger partial charge in [-0.05, 0) is 80.5 Å². The van der Waals surface area contributed by atoms with Crippen LogP contribution in [0.1, 0.15) is 49.3 Å². The summed E-state index contributed by atoms with van der Waals surface area (Å²) in [6.07, 6.45) is 3.81. The fraction of sp³-hybridized carbons (Fsp3) is 0.520. The summed E-state index contributed by atoms with van der Waals surface area (Å²) in [7, 11) is 3.35. The normalized spacial score (nSPS) is 25.9. The van der Waals surface area contributed by atoms with Gasteiger partial charge in [0.05, 0.1) is 26.4 Å². The number of nitrogens with zero attached hydrogens (tertiary/aromatic N) is 1. The molecule has 4 rings (SSSR count). The number of benzene rings is 2. The van der Waals surface area contributed by atoms with E-state index in [9.17, 15) is 5.11 Å². The number of hydrogen-bond donors (Lipinski definition) is 1. The van der Waals surface area contributed by atoms with Crippen molar-refractivity contribution in [2.45, 2.75) is 63.8 Å². The lowest BCUT2D eigenvalue weighted by Crippen LogP contribution is -2.49. The first kappa shape index (κ1) is 21.0. The van der Waals surface area contributed by atoms with Crippen molar-refractivity contribution in [1.29, 1.82) is 0 Å². The predicted octanol–water partition coefficient (Wildman–Crippen LogP) is 4.43. The molecule has 0 aromatic heterocycles. The van der Waals surface area contributed by atoms with Gasteiger partial charge in [-0.3, -0.25) is 4.90 Å². The third kappa shape index (κ3) is 3.88. The molecule has 2 aliphatic rings. The van der Waals surface area contributed by atoms with Crippen molar-refractivity contribution < 1.29 is 19.3 Å². The monoisotopic (exact) mass is 411 g/mol. The first-order chi connectivity index (χ1) is 14.5. The summed E-state index contributed by atoms with van der Waals surface area (Å²) < 4.78 is 16.6. The van der Waals surface area contributed by atoms with Gasteiger partial charge in [-0.25, -0.2) is 0 Å². The van der Waals surface area contributed by atoms with Crippen LogP contribution in [0.25, 0.3) is 0 Å². The maximum Gasteiger partial charge on any atom is 0.161 e. The van der Waals surface area contributed by atoms with Crippen LogP contribution < -0.4 is 14.2 Å². The van der Waals surface area contributed by atoms with Crippen molar-refractivity contribution in [2.75, 3.05) is 20.8 Å². The second-order valence-corrected chi connectivity index (χ2v) is 8.59. The van der Waals surface area contributed by atoms with E-state index in [0.29, 0.717) is 18.7 Å². The van der Waals surface area contributed by atoms with Crippen LogP contribution in [-0.2, 0) is 12.1 Å². The van der Waals surface area contributed by atoms with Crippen molar-refractivity contribution in [2.24, 2.45) is 0 Å². The Labute approximate surface area is 179 Å². The number of aliphatic hydroxyl groups is 1. The van der Waals surface area contributed by atoms with E-state index in [1.54, 1.807) is 14.2 Å². The maximum absolute atomic E-state index is 11.5. The molecule has 2 aromatic rings. The fourth-order valence-electron chi connectivity index (χ4n) is 5.21. The predicted molar refractivity (Wildman–Crippen MR) is 117 cm³/mol. The molecule has 5 nitrogen and oxygen atoms in total. The highest BCUT2D eigenvalue weighted by Crippen LogP contribution is 2.47. The largest absolute Gasteiger partial charge is 0.497 e. The Balaban J connectivity index is 1.54. The molecule has 0 spiro atoms. The van der Waals surface area contributed by atoms with E-state index in [2.05, 4.69) is 24.0 Å². The number of aryl methyl sites for hydroxylation is 1. The van der Waals surface area contributed by atoms with Gasteiger partial charge in [0.1, 0.15) is 5.75 Å². The summed E-state index contributed by atoms with van der Waals surface area (Å²) in [6, 6.07) is 12.9. The van der Waals surface area contributed by atoms with E-state index in [1.807, 2.05) is 31.2 Å². The molecule has 162 valence electrons. The zero-order chi connectivity index (χ0) is 21.3. The molecule has 0 saturated carbocycles. The van der Waals surface area contributed by atoms with Crippen molar-refractivity contribution in [3.63, 3.8) is 0 Å². The van der Waals surface area contributed by atoms with Crippen LogP contribution in [0.5, 0.6) is 17.2 Å². The number of rotatable bonds is 7. The summed E-state index contributed by atoms with van der Waals surface area (Å²) in [5.41, 5.74) is 2.72. The smallest absolute Gasteiger partial charge is 0.161 e. The molecule has 0 radical (unpaired) electrons. The van der Waals surface area contributed by atoms with Crippen LogP contribution in [0.15, 0.2) is 36.4 Å². The number of methoxy groups -OCH3 is 2. The minimum absolute atomic E-state index is 0.382.